The van der Waals surface area contributed by atoms with Crippen LogP contribution >= 0.6 is 33.9 Å². The summed E-state index contributed by atoms with van der Waals surface area (Å²) >= 11 is 3.42. The first kappa shape index (κ1) is 18.6. The number of pyridine rings is 1. The molecule has 2 aromatic heterocycles. The summed E-state index contributed by atoms with van der Waals surface area (Å²) in [4.78, 5) is 18.0. The molecule has 8 heteroatoms. The lowest BCUT2D eigenvalue weighted by molar-refractivity contribution is 0.0953. The third-order valence-electron chi connectivity index (χ3n) is 4.54. The highest BCUT2D eigenvalue weighted by molar-refractivity contribution is 14.1. The molecule has 0 saturated carbocycles. The van der Waals surface area contributed by atoms with E-state index < -0.39 is 0 Å². The summed E-state index contributed by atoms with van der Waals surface area (Å²) in [7, 11) is 0. The van der Waals surface area contributed by atoms with Crippen molar-refractivity contribution in [2.24, 2.45) is 0 Å². The molecule has 0 spiro atoms. The van der Waals surface area contributed by atoms with Crippen LogP contribution in [0.25, 0.3) is 10.2 Å². The number of amides is 1. The predicted molar refractivity (Wildman–Crippen MR) is 115 cm³/mol. The molecular weight excluding hydrogens is 478 g/mol. The summed E-state index contributed by atoms with van der Waals surface area (Å²) in [5.41, 5.74) is 0.854. The standard InChI is InChI=1S/C19H18FIN4OS/c20-14-9-11(21)5-6-15(14)25-19-16(13-4-2-8-23-18(13)27-19)17(26)24-10-12-3-1-7-22-12/h2,4-6,8-9,12,22,25H,1,3,7,10H2,(H,24,26)/t12-/m1/s1. The van der Waals surface area contributed by atoms with Crippen LogP contribution in [0.15, 0.2) is 36.5 Å². The zero-order valence-corrected chi connectivity index (χ0v) is 17.4. The van der Waals surface area contributed by atoms with Gasteiger partial charge in [-0.15, -0.1) is 0 Å². The van der Waals surface area contributed by atoms with Crippen LogP contribution in [-0.2, 0) is 0 Å². The molecule has 1 aliphatic heterocycles. The first-order valence-electron chi connectivity index (χ1n) is 8.73. The van der Waals surface area contributed by atoms with Gasteiger partial charge in [0, 0.05) is 27.7 Å². The predicted octanol–water partition coefficient (Wildman–Crippen LogP) is 4.27. The highest BCUT2D eigenvalue weighted by atomic mass is 127. The zero-order valence-electron chi connectivity index (χ0n) is 14.4. The third kappa shape index (κ3) is 4.07. The fourth-order valence-electron chi connectivity index (χ4n) is 3.19. The van der Waals surface area contributed by atoms with Crippen LogP contribution < -0.4 is 16.0 Å². The maximum absolute atomic E-state index is 14.3. The highest BCUT2D eigenvalue weighted by Crippen LogP contribution is 2.37. The topological polar surface area (TPSA) is 66.1 Å². The molecule has 1 aromatic carbocycles. The highest BCUT2D eigenvalue weighted by Gasteiger charge is 2.22. The molecule has 1 fully saturated rings. The molecule has 1 atom stereocenters. The molecule has 3 N–H and O–H groups in total. The van der Waals surface area contributed by atoms with E-state index in [0.717, 1.165) is 33.2 Å². The number of hydrogen-bond donors (Lipinski definition) is 3. The van der Waals surface area contributed by atoms with E-state index in [9.17, 15) is 9.18 Å². The van der Waals surface area contributed by atoms with Gasteiger partial charge in [0.15, 0.2) is 0 Å². The molecule has 0 unspecified atom stereocenters. The van der Waals surface area contributed by atoms with Crippen LogP contribution in [0, 0.1) is 9.39 Å². The van der Waals surface area contributed by atoms with Gasteiger partial charge in [-0.25, -0.2) is 9.37 Å². The number of hydrogen-bond acceptors (Lipinski definition) is 5. The lowest BCUT2D eigenvalue weighted by Gasteiger charge is -2.13. The maximum atomic E-state index is 14.3. The van der Waals surface area contributed by atoms with Crippen LogP contribution in [0.5, 0.6) is 0 Å². The summed E-state index contributed by atoms with van der Waals surface area (Å²) < 4.78 is 15.1. The lowest BCUT2D eigenvalue weighted by Crippen LogP contribution is -2.37. The second-order valence-corrected chi connectivity index (χ2v) is 8.66. The van der Waals surface area contributed by atoms with Gasteiger partial charge in [-0.2, -0.15) is 0 Å². The molecule has 4 rings (SSSR count). The Morgan fingerprint density at radius 2 is 2.30 bits per heavy atom. The zero-order chi connectivity index (χ0) is 18.8. The molecule has 3 aromatic rings. The number of thiophene rings is 1. The van der Waals surface area contributed by atoms with E-state index in [1.807, 2.05) is 12.1 Å². The molecule has 0 radical (unpaired) electrons. The number of benzene rings is 1. The Kier molecular flexibility index (Phi) is 5.55. The first-order valence-corrected chi connectivity index (χ1v) is 10.6. The van der Waals surface area contributed by atoms with E-state index in [2.05, 4.69) is 43.5 Å². The second-order valence-electron chi connectivity index (χ2n) is 6.41. The van der Waals surface area contributed by atoms with Gasteiger partial charge in [0.25, 0.3) is 5.91 Å². The van der Waals surface area contributed by atoms with Crippen LogP contribution in [-0.4, -0.2) is 30.0 Å². The summed E-state index contributed by atoms with van der Waals surface area (Å²) in [6, 6.07) is 8.95. The van der Waals surface area contributed by atoms with Crippen molar-refractivity contribution in [3.8, 4) is 0 Å². The largest absolute Gasteiger partial charge is 0.350 e. The number of anilines is 2. The van der Waals surface area contributed by atoms with E-state index in [0.29, 0.717) is 28.8 Å². The number of aromatic nitrogens is 1. The molecular formula is C19H18FIN4OS. The number of carbonyl (C=O) groups excluding carboxylic acids is 1. The number of nitrogens with zero attached hydrogens (tertiary/aromatic N) is 1. The molecule has 0 bridgehead atoms. The van der Waals surface area contributed by atoms with Gasteiger partial charge in [-0.1, -0.05) is 11.3 Å². The van der Waals surface area contributed by atoms with Crippen molar-refractivity contribution in [2.75, 3.05) is 18.4 Å². The third-order valence-corrected chi connectivity index (χ3v) is 6.24. The molecule has 27 heavy (non-hydrogen) atoms. The van der Waals surface area contributed by atoms with Crippen molar-refractivity contribution in [1.29, 1.82) is 0 Å². The van der Waals surface area contributed by atoms with E-state index in [-0.39, 0.29) is 11.7 Å². The Hall–Kier alpha value is -1.78. The monoisotopic (exact) mass is 496 g/mol. The first-order chi connectivity index (χ1) is 13.1. The van der Waals surface area contributed by atoms with Crippen molar-refractivity contribution >= 4 is 60.7 Å². The minimum Gasteiger partial charge on any atom is -0.350 e. The minimum absolute atomic E-state index is 0.170. The molecule has 1 amide bonds. The second kappa shape index (κ2) is 8.07. The molecule has 5 nitrogen and oxygen atoms in total. The van der Waals surface area contributed by atoms with Crippen molar-refractivity contribution in [3.05, 3.63) is 51.5 Å². The van der Waals surface area contributed by atoms with Gasteiger partial charge in [0.1, 0.15) is 15.6 Å². The molecule has 1 aliphatic rings. The Labute approximate surface area is 173 Å². The van der Waals surface area contributed by atoms with E-state index >= 15 is 0 Å². The van der Waals surface area contributed by atoms with E-state index in [1.165, 1.54) is 17.4 Å². The Bertz CT molecular complexity index is 987. The summed E-state index contributed by atoms with van der Waals surface area (Å²) in [6.07, 6.45) is 3.88. The smallest absolute Gasteiger partial charge is 0.255 e. The normalized spacial score (nSPS) is 16.6. The van der Waals surface area contributed by atoms with Gasteiger partial charge in [-0.05, 0) is 72.3 Å². The molecule has 1 saturated heterocycles. The van der Waals surface area contributed by atoms with Crippen LogP contribution in [0.2, 0.25) is 0 Å². The Morgan fingerprint density at radius 3 is 3.07 bits per heavy atom. The van der Waals surface area contributed by atoms with Gasteiger partial charge >= 0.3 is 0 Å². The summed E-state index contributed by atoms with van der Waals surface area (Å²) in [5.74, 6) is -0.523. The minimum atomic E-state index is -0.353. The van der Waals surface area contributed by atoms with E-state index in [4.69, 9.17) is 0 Å². The summed E-state index contributed by atoms with van der Waals surface area (Å²) in [6.45, 7) is 1.57. The van der Waals surface area contributed by atoms with Crippen molar-refractivity contribution in [1.82, 2.24) is 15.6 Å². The number of fused-ring (bicyclic) bond motifs is 1. The van der Waals surface area contributed by atoms with Crippen molar-refractivity contribution in [2.45, 2.75) is 18.9 Å². The molecule has 0 aliphatic carbocycles. The molecule has 140 valence electrons. The maximum Gasteiger partial charge on any atom is 0.255 e. The van der Waals surface area contributed by atoms with Gasteiger partial charge in [0.2, 0.25) is 0 Å². The molecule has 3 heterocycles. The Balaban J connectivity index is 1.65. The number of rotatable bonds is 5. The number of halogens is 2. The van der Waals surface area contributed by atoms with Gasteiger partial charge in [0.05, 0.1) is 11.3 Å². The summed E-state index contributed by atoms with van der Waals surface area (Å²) in [5, 5.41) is 10.8. The lowest BCUT2D eigenvalue weighted by atomic mass is 10.1. The average Bonchev–Trinajstić information content (AvgIpc) is 3.29. The average molecular weight is 496 g/mol. The van der Waals surface area contributed by atoms with Gasteiger partial charge < -0.3 is 16.0 Å². The fourth-order valence-corrected chi connectivity index (χ4v) is 4.70. The van der Waals surface area contributed by atoms with Crippen LogP contribution in [0.4, 0.5) is 15.1 Å². The number of nitrogens with one attached hydrogen (secondary N) is 3. The van der Waals surface area contributed by atoms with Crippen molar-refractivity contribution in [3.63, 3.8) is 0 Å². The van der Waals surface area contributed by atoms with Crippen molar-refractivity contribution < 1.29 is 9.18 Å². The van der Waals surface area contributed by atoms with E-state index in [1.54, 1.807) is 18.3 Å². The quantitative estimate of drug-likeness (QED) is 0.462. The van der Waals surface area contributed by atoms with Crippen LogP contribution in [0.3, 0.4) is 0 Å². The number of carbonyl (C=O) groups is 1. The fraction of sp³-hybridized carbons (Fsp3) is 0.263. The Morgan fingerprint density at radius 1 is 1.41 bits per heavy atom. The van der Waals surface area contributed by atoms with Gasteiger partial charge in [-0.3, -0.25) is 4.79 Å². The van der Waals surface area contributed by atoms with Crippen LogP contribution in [0.1, 0.15) is 23.2 Å². The SMILES string of the molecule is O=C(NC[C@H]1CCCN1)c1c(Nc2ccc(I)cc2F)sc2ncccc12.